The van der Waals surface area contributed by atoms with E-state index in [2.05, 4.69) is 98.9 Å². The van der Waals surface area contributed by atoms with Gasteiger partial charge in [-0.1, -0.05) is 170 Å². The molecule has 362 valence electrons. The molecule has 0 N–H and O–H groups in total. The van der Waals surface area contributed by atoms with Crippen molar-refractivity contribution < 1.29 is 42.1 Å². The lowest BCUT2D eigenvalue weighted by Crippen LogP contribution is -2.37. The molecule has 10 heteroatoms. The van der Waals surface area contributed by atoms with E-state index in [0.29, 0.717) is 23.9 Å². The standard InChI is InChI=1S/C53H92NO8P/c1-6-8-10-12-14-16-18-20-22-23-24-25-26-27-28-29-30-31-32-34-36-38-40-42-44-46-53(56)62-51(50-61-63(57,58)60-48-47-54(3,4)5)49-59-52(55)45-43-41-39-37-35-33-21-19-17-15-13-11-9-7-2/h8,10,14,16,19-22,24-25,27-28,30-31,51H,6-7,9,11-13,15,17-18,23,26,29,32-50H2,1-5H3/b10-8-,16-14-,21-19-,22-20-,25-24-,28-27-,31-30-. The second-order valence-electron chi connectivity index (χ2n) is 17.4. The third-order valence-corrected chi connectivity index (χ3v) is 11.1. The van der Waals surface area contributed by atoms with Crippen molar-refractivity contribution >= 4 is 19.8 Å². The quantitative estimate of drug-likeness (QED) is 0.0195. The Bertz CT molecular complexity index is 1340. The van der Waals surface area contributed by atoms with Crippen molar-refractivity contribution in [1.82, 2.24) is 0 Å². The number of unbranched alkanes of at least 4 members (excludes halogenated alkanes) is 16. The average molecular weight is 902 g/mol. The van der Waals surface area contributed by atoms with Crippen molar-refractivity contribution in [3.8, 4) is 0 Å². The van der Waals surface area contributed by atoms with Crippen LogP contribution in [0.25, 0.3) is 0 Å². The van der Waals surface area contributed by atoms with Crippen LogP contribution in [0.3, 0.4) is 0 Å². The molecule has 0 heterocycles. The smallest absolute Gasteiger partial charge is 0.306 e. The summed E-state index contributed by atoms with van der Waals surface area (Å²) >= 11 is 0. The minimum absolute atomic E-state index is 0.0396. The Morgan fingerprint density at radius 2 is 0.905 bits per heavy atom. The van der Waals surface area contributed by atoms with Crippen LogP contribution in [0, 0.1) is 0 Å². The molecule has 63 heavy (non-hydrogen) atoms. The Morgan fingerprint density at radius 3 is 1.37 bits per heavy atom. The maximum Gasteiger partial charge on any atom is 0.306 e. The summed E-state index contributed by atoms with van der Waals surface area (Å²) in [4.78, 5) is 37.7. The summed E-state index contributed by atoms with van der Waals surface area (Å²) in [6.07, 6.45) is 57.5. The van der Waals surface area contributed by atoms with Crippen LogP contribution in [0.4, 0.5) is 0 Å². The van der Waals surface area contributed by atoms with Gasteiger partial charge in [-0.25, -0.2) is 0 Å². The van der Waals surface area contributed by atoms with Gasteiger partial charge in [0.05, 0.1) is 27.7 Å². The second-order valence-corrected chi connectivity index (χ2v) is 18.9. The van der Waals surface area contributed by atoms with E-state index < -0.39 is 32.5 Å². The van der Waals surface area contributed by atoms with E-state index >= 15 is 0 Å². The number of carbonyl (C=O) groups excluding carboxylic acids is 2. The second kappa shape index (κ2) is 44.4. The van der Waals surface area contributed by atoms with Crippen LogP contribution in [-0.2, 0) is 32.7 Å². The molecular weight excluding hydrogens is 810 g/mol. The first kappa shape index (κ1) is 60.2. The van der Waals surface area contributed by atoms with Crippen LogP contribution in [0.15, 0.2) is 85.1 Å². The van der Waals surface area contributed by atoms with Crippen molar-refractivity contribution in [2.45, 2.75) is 193 Å². The molecule has 0 aromatic rings. The van der Waals surface area contributed by atoms with Crippen molar-refractivity contribution in [2.75, 3.05) is 47.5 Å². The molecule has 2 unspecified atom stereocenters. The zero-order valence-corrected chi connectivity index (χ0v) is 41.6. The number of rotatable bonds is 44. The number of quaternary nitrogens is 1. The Kier molecular flexibility index (Phi) is 42.4. The Hall–Kier alpha value is -2.81. The van der Waals surface area contributed by atoms with Gasteiger partial charge in [-0.2, -0.15) is 0 Å². The first-order valence-electron chi connectivity index (χ1n) is 24.8. The molecule has 0 aromatic heterocycles. The molecule has 0 radical (unpaired) electrons. The third-order valence-electron chi connectivity index (χ3n) is 10.1. The highest BCUT2D eigenvalue weighted by Gasteiger charge is 2.21. The predicted molar refractivity (Wildman–Crippen MR) is 263 cm³/mol. The zero-order chi connectivity index (χ0) is 46.4. The van der Waals surface area contributed by atoms with Gasteiger partial charge < -0.3 is 27.9 Å². The third kappa shape index (κ3) is 48.5. The maximum absolute atomic E-state index is 12.7. The monoisotopic (exact) mass is 902 g/mol. The van der Waals surface area contributed by atoms with Gasteiger partial charge >= 0.3 is 11.9 Å². The van der Waals surface area contributed by atoms with Gasteiger partial charge in [-0.05, 0) is 89.9 Å². The number of likely N-dealkylation sites (N-methyl/N-ethyl adjacent to an activating group) is 1. The fraction of sp³-hybridized carbons (Fsp3) is 0.698. The van der Waals surface area contributed by atoms with Crippen molar-refractivity contribution in [2.24, 2.45) is 0 Å². The van der Waals surface area contributed by atoms with Crippen LogP contribution in [0.1, 0.15) is 187 Å². The van der Waals surface area contributed by atoms with Gasteiger partial charge in [0.25, 0.3) is 7.82 Å². The Morgan fingerprint density at radius 1 is 0.508 bits per heavy atom. The summed E-state index contributed by atoms with van der Waals surface area (Å²) in [6.45, 7) is 4.07. The van der Waals surface area contributed by atoms with Crippen LogP contribution < -0.4 is 4.89 Å². The number of ether oxygens (including phenoxy) is 2. The molecular formula is C53H92NO8P. The van der Waals surface area contributed by atoms with Crippen LogP contribution in [0.5, 0.6) is 0 Å². The van der Waals surface area contributed by atoms with E-state index in [9.17, 15) is 19.0 Å². The number of phosphoric acid groups is 1. The summed E-state index contributed by atoms with van der Waals surface area (Å²) in [7, 11) is 1.14. The van der Waals surface area contributed by atoms with E-state index in [4.69, 9.17) is 18.5 Å². The van der Waals surface area contributed by atoms with Gasteiger partial charge in [0.15, 0.2) is 6.10 Å². The first-order valence-corrected chi connectivity index (χ1v) is 26.3. The molecule has 9 nitrogen and oxygen atoms in total. The van der Waals surface area contributed by atoms with Crippen LogP contribution in [0.2, 0.25) is 0 Å². The molecule has 0 amide bonds. The number of phosphoric ester groups is 1. The summed E-state index contributed by atoms with van der Waals surface area (Å²) in [5.74, 6) is -0.867. The average Bonchev–Trinajstić information content (AvgIpc) is 3.24. The highest BCUT2D eigenvalue weighted by Crippen LogP contribution is 2.38. The molecule has 0 aromatic carbocycles. The lowest BCUT2D eigenvalue weighted by Gasteiger charge is -2.28. The number of allylic oxidation sites excluding steroid dienone is 14. The largest absolute Gasteiger partial charge is 0.756 e. The maximum atomic E-state index is 12.7. The van der Waals surface area contributed by atoms with E-state index in [1.165, 1.54) is 38.5 Å². The summed E-state index contributed by atoms with van der Waals surface area (Å²) in [5, 5.41) is 0. The highest BCUT2D eigenvalue weighted by molar-refractivity contribution is 7.45. The number of nitrogens with zero attached hydrogens (tertiary/aromatic N) is 1. The topological polar surface area (TPSA) is 111 Å². The molecule has 0 saturated carbocycles. The van der Waals surface area contributed by atoms with E-state index in [-0.39, 0.29) is 26.1 Å². The lowest BCUT2D eigenvalue weighted by atomic mass is 10.1. The first-order chi connectivity index (χ1) is 30.5. The van der Waals surface area contributed by atoms with Gasteiger partial charge in [0.2, 0.25) is 0 Å². The molecule has 0 bridgehead atoms. The predicted octanol–water partition coefficient (Wildman–Crippen LogP) is 14.1. The lowest BCUT2D eigenvalue weighted by molar-refractivity contribution is -0.870. The van der Waals surface area contributed by atoms with E-state index in [1.807, 2.05) is 21.1 Å². The minimum atomic E-state index is -4.64. The fourth-order valence-corrected chi connectivity index (χ4v) is 7.03. The van der Waals surface area contributed by atoms with E-state index in [0.717, 1.165) is 109 Å². The van der Waals surface area contributed by atoms with Gasteiger partial charge in [0.1, 0.15) is 19.8 Å². The SMILES string of the molecule is CC/C=C\C/C=C\C/C=C\C/C=C\C/C=C\C/C=C\CCCCCCCCC(=O)OC(COC(=O)CCCCCCC/C=C\CCCCCCC)COP(=O)([O-])OCC[N+](C)(C)C. The molecule has 0 aliphatic heterocycles. The van der Waals surface area contributed by atoms with Gasteiger partial charge in [-0.3, -0.25) is 14.2 Å². The number of hydrogen-bond donors (Lipinski definition) is 0. The fourth-order valence-electron chi connectivity index (χ4n) is 6.30. The van der Waals surface area contributed by atoms with E-state index in [1.54, 1.807) is 0 Å². The number of esters is 2. The van der Waals surface area contributed by atoms with Crippen molar-refractivity contribution in [1.29, 1.82) is 0 Å². The van der Waals surface area contributed by atoms with Gasteiger partial charge in [0, 0.05) is 12.8 Å². The number of hydrogen-bond acceptors (Lipinski definition) is 8. The van der Waals surface area contributed by atoms with Crippen LogP contribution in [-0.4, -0.2) is 70.0 Å². The molecule has 0 saturated heterocycles. The Labute approximate surface area is 386 Å². The summed E-state index contributed by atoms with van der Waals surface area (Å²) in [6, 6.07) is 0. The molecule has 0 fully saturated rings. The molecule has 2 atom stereocenters. The Balaban J connectivity index is 4.32. The summed E-state index contributed by atoms with van der Waals surface area (Å²) in [5.41, 5.74) is 0. The van der Waals surface area contributed by atoms with Crippen LogP contribution >= 0.6 is 7.82 Å². The number of carbonyl (C=O) groups is 2. The molecule has 0 aliphatic carbocycles. The summed E-state index contributed by atoms with van der Waals surface area (Å²) < 4.78 is 34.0. The van der Waals surface area contributed by atoms with Gasteiger partial charge in [-0.15, -0.1) is 0 Å². The zero-order valence-electron chi connectivity index (χ0n) is 40.7. The molecule has 0 spiro atoms. The molecule has 0 aliphatic rings. The highest BCUT2D eigenvalue weighted by atomic mass is 31.2. The van der Waals surface area contributed by atoms with Crippen molar-refractivity contribution in [3.63, 3.8) is 0 Å². The molecule has 0 rings (SSSR count). The van der Waals surface area contributed by atoms with Crippen molar-refractivity contribution in [3.05, 3.63) is 85.1 Å². The normalized spacial score (nSPS) is 14.2. The minimum Gasteiger partial charge on any atom is -0.756 e.